The lowest BCUT2D eigenvalue weighted by Crippen LogP contribution is -2.43. The molecule has 2 aromatic rings. The summed E-state index contributed by atoms with van der Waals surface area (Å²) in [4.78, 5) is 33.9. The van der Waals surface area contributed by atoms with Crippen LogP contribution in [0.25, 0.3) is 11.3 Å². The Morgan fingerprint density at radius 2 is 1.88 bits per heavy atom. The molecular formula is C19H25N3O3. The van der Waals surface area contributed by atoms with Crippen molar-refractivity contribution in [1.82, 2.24) is 14.9 Å². The van der Waals surface area contributed by atoms with Gasteiger partial charge in [0.1, 0.15) is 5.56 Å². The van der Waals surface area contributed by atoms with Crippen molar-refractivity contribution < 1.29 is 9.53 Å². The Morgan fingerprint density at radius 1 is 1.20 bits per heavy atom. The van der Waals surface area contributed by atoms with Gasteiger partial charge in [-0.2, -0.15) is 0 Å². The van der Waals surface area contributed by atoms with E-state index in [1.807, 2.05) is 26.0 Å². The van der Waals surface area contributed by atoms with Crippen LogP contribution in [0.5, 0.6) is 0 Å². The number of aromatic amines is 1. The first-order valence-electron chi connectivity index (χ1n) is 8.56. The molecule has 6 nitrogen and oxygen atoms in total. The van der Waals surface area contributed by atoms with Gasteiger partial charge in [0.15, 0.2) is 0 Å². The van der Waals surface area contributed by atoms with E-state index in [-0.39, 0.29) is 23.1 Å². The van der Waals surface area contributed by atoms with Crippen LogP contribution >= 0.6 is 0 Å². The fraction of sp³-hybridized carbons (Fsp3) is 0.421. The number of pyridine rings is 2. The molecule has 1 N–H and O–H groups in total. The Balaban J connectivity index is 2.32. The Bertz CT molecular complexity index is 739. The molecule has 0 atom stereocenters. The maximum Gasteiger partial charge on any atom is 0.261 e. The number of carbonyl (C=O) groups is 1. The third-order valence-electron chi connectivity index (χ3n) is 4.31. The summed E-state index contributed by atoms with van der Waals surface area (Å²) in [5.41, 5.74) is 1.28. The average Bonchev–Trinajstić information content (AvgIpc) is 2.65. The van der Waals surface area contributed by atoms with E-state index in [0.29, 0.717) is 18.8 Å². The number of H-pyrrole nitrogens is 1. The van der Waals surface area contributed by atoms with Crippen molar-refractivity contribution in [3.8, 4) is 11.3 Å². The normalized spacial score (nSPS) is 10.9. The second kappa shape index (κ2) is 9.13. The summed E-state index contributed by atoms with van der Waals surface area (Å²) < 4.78 is 5.12. The van der Waals surface area contributed by atoms with Crippen molar-refractivity contribution in [2.45, 2.75) is 32.7 Å². The average molecular weight is 343 g/mol. The number of aromatic nitrogens is 2. The first kappa shape index (κ1) is 18.9. The molecule has 0 aliphatic heterocycles. The van der Waals surface area contributed by atoms with Gasteiger partial charge in [0.2, 0.25) is 0 Å². The van der Waals surface area contributed by atoms with E-state index in [2.05, 4.69) is 9.97 Å². The van der Waals surface area contributed by atoms with Gasteiger partial charge in [0.05, 0.1) is 6.61 Å². The predicted octanol–water partition coefficient (Wildman–Crippen LogP) is 2.71. The number of carbonyl (C=O) groups excluding carboxylic acids is 1. The molecule has 0 bridgehead atoms. The van der Waals surface area contributed by atoms with Crippen LogP contribution in [0.15, 0.2) is 41.5 Å². The minimum Gasteiger partial charge on any atom is -0.383 e. The number of rotatable bonds is 8. The Labute approximate surface area is 147 Å². The predicted molar refractivity (Wildman–Crippen MR) is 97.6 cm³/mol. The summed E-state index contributed by atoms with van der Waals surface area (Å²) >= 11 is 0. The zero-order valence-electron chi connectivity index (χ0n) is 15.0. The molecule has 0 aliphatic rings. The molecule has 0 saturated heterocycles. The molecule has 0 saturated carbocycles. The first-order chi connectivity index (χ1) is 12.1. The molecule has 25 heavy (non-hydrogen) atoms. The smallest absolute Gasteiger partial charge is 0.261 e. The van der Waals surface area contributed by atoms with Crippen LogP contribution in [-0.2, 0) is 4.74 Å². The number of nitrogens with one attached hydrogen (secondary N) is 1. The molecule has 0 aromatic carbocycles. The number of hydrogen-bond acceptors (Lipinski definition) is 4. The van der Waals surface area contributed by atoms with Crippen LogP contribution < -0.4 is 5.56 Å². The van der Waals surface area contributed by atoms with Crippen LogP contribution in [0.4, 0.5) is 0 Å². The lowest BCUT2D eigenvalue weighted by molar-refractivity contribution is 0.0587. The van der Waals surface area contributed by atoms with Crippen LogP contribution in [0, 0.1) is 0 Å². The Kier molecular flexibility index (Phi) is 6.89. The summed E-state index contributed by atoms with van der Waals surface area (Å²) in [6, 6.07) is 7.05. The fourth-order valence-corrected chi connectivity index (χ4v) is 2.87. The first-order valence-corrected chi connectivity index (χ1v) is 8.56. The summed E-state index contributed by atoms with van der Waals surface area (Å²) in [7, 11) is 1.60. The minimum atomic E-state index is -0.382. The van der Waals surface area contributed by atoms with Gasteiger partial charge in [-0.05, 0) is 37.1 Å². The van der Waals surface area contributed by atoms with E-state index in [1.165, 1.54) is 0 Å². The highest BCUT2D eigenvalue weighted by Crippen LogP contribution is 2.16. The summed E-state index contributed by atoms with van der Waals surface area (Å²) in [6.07, 6.45) is 4.98. The lowest BCUT2D eigenvalue weighted by atomic mass is 10.1. The summed E-state index contributed by atoms with van der Waals surface area (Å²) in [5, 5.41) is 0. The molecule has 6 heteroatoms. The molecule has 0 unspecified atom stereocenters. The van der Waals surface area contributed by atoms with Gasteiger partial charge in [-0.15, -0.1) is 0 Å². The topological polar surface area (TPSA) is 75.3 Å². The highest BCUT2D eigenvalue weighted by molar-refractivity contribution is 5.94. The number of nitrogens with zero attached hydrogens (tertiary/aromatic N) is 2. The van der Waals surface area contributed by atoms with E-state index in [4.69, 9.17) is 4.74 Å². The molecular weight excluding hydrogens is 318 g/mol. The van der Waals surface area contributed by atoms with Gasteiger partial charge in [-0.25, -0.2) is 0 Å². The monoisotopic (exact) mass is 343 g/mol. The molecule has 0 spiro atoms. The fourth-order valence-electron chi connectivity index (χ4n) is 2.87. The third-order valence-corrected chi connectivity index (χ3v) is 4.31. The number of hydrogen-bond donors (Lipinski definition) is 1. The van der Waals surface area contributed by atoms with Crippen LogP contribution in [-0.4, -0.2) is 47.1 Å². The van der Waals surface area contributed by atoms with Crippen LogP contribution in [0.1, 0.15) is 37.0 Å². The van der Waals surface area contributed by atoms with E-state index in [9.17, 15) is 9.59 Å². The maximum absolute atomic E-state index is 12.9. The zero-order chi connectivity index (χ0) is 18.2. The number of methoxy groups -OCH3 is 1. The largest absolute Gasteiger partial charge is 0.383 e. The third kappa shape index (κ3) is 4.54. The molecule has 1 amide bonds. The van der Waals surface area contributed by atoms with Gasteiger partial charge < -0.3 is 14.6 Å². The molecule has 0 aliphatic carbocycles. The van der Waals surface area contributed by atoms with Crippen molar-refractivity contribution >= 4 is 5.91 Å². The van der Waals surface area contributed by atoms with E-state index in [0.717, 1.165) is 18.4 Å². The van der Waals surface area contributed by atoms with Crippen LogP contribution in [0.2, 0.25) is 0 Å². The molecule has 0 radical (unpaired) electrons. The van der Waals surface area contributed by atoms with Gasteiger partial charge in [0, 0.05) is 43.3 Å². The molecule has 134 valence electrons. The highest BCUT2D eigenvalue weighted by Gasteiger charge is 2.24. The van der Waals surface area contributed by atoms with Gasteiger partial charge in [0.25, 0.3) is 11.5 Å². The van der Waals surface area contributed by atoms with E-state index >= 15 is 0 Å². The Hall–Kier alpha value is -2.47. The quantitative estimate of drug-likeness (QED) is 0.800. The molecule has 2 heterocycles. The van der Waals surface area contributed by atoms with Crippen molar-refractivity contribution in [1.29, 1.82) is 0 Å². The van der Waals surface area contributed by atoms with E-state index < -0.39 is 0 Å². The minimum absolute atomic E-state index is 0.0851. The summed E-state index contributed by atoms with van der Waals surface area (Å²) in [5.74, 6) is -0.256. The van der Waals surface area contributed by atoms with Crippen molar-refractivity contribution in [2.24, 2.45) is 0 Å². The van der Waals surface area contributed by atoms with Gasteiger partial charge in [-0.3, -0.25) is 14.6 Å². The van der Waals surface area contributed by atoms with Gasteiger partial charge in [-0.1, -0.05) is 13.8 Å². The van der Waals surface area contributed by atoms with Gasteiger partial charge >= 0.3 is 0 Å². The highest BCUT2D eigenvalue weighted by atomic mass is 16.5. The SMILES string of the molecule is CCC(CC)N(CCOC)C(=O)c1ccc(-c2ccncc2)[nH]c1=O. The van der Waals surface area contributed by atoms with Crippen LogP contribution in [0.3, 0.4) is 0 Å². The zero-order valence-corrected chi connectivity index (χ0v) is 15.0. The Morgan fingerprint density at radius 3 is 2.44 bits per heavy atom. The van der Waals surface area contributed by atoms with E-state index in [1.54, 1.807) is 36.5 Å². The molecule has 2 rings (SSSR count). The van der Waals surface area contributed by atoms with Crippen molar-refractivity contribution in [2.75, 3.05) is 20.3 Å². The number of ether oxygens (including phenoxy) is 1. The number of amides is 1. The second-order valence-corrected chi connectivity index (χ2v) is 5.81. The van der Waals surface area contributed by atoms with Crippen molar-refractivity contribution in [3.63, 3.8) is 0 Å². The second-order valence-electron chi connectivity index (χ2n) is 5.81. The van der Waals surface area contributed by atoms with Crippen molar-refractivity contribution in [3.05, 3.63) is 52.6 Å². The molecule has 0 fully saturated rings. The lowest BCUT2D eigenvalue weighted by Gasteiger charge is -2.30. The molecule has 2 aromatic heterocycles. The maximum atomic E-state index is 12.9. The standard InChI is InChI=1S/C19H25N3O3/c1-4-15(5-2)22(12-13-25-3)19(24)16-6-7-17(21-18(16)23)14-8-10-20-11-9-14/h6-11,15H,4-5,12-13H2,1-3H3,(H,21,23). The summed E-state index contributed by atoms with van der Waals surface area (Å²) in [6.45, 7) is 4.98.